The first-order valence-corrected chi connectivity index (χ1v) is 5.61. The van der Waals surface area contributed by atoms with E-state index in [4.69, 9.17) is 0 Å². The fraction of sp³-hybridized carbons (Fsp3) is 0.909. The van der Waals surface area contributed by atoms with Gasteiger partial charge in [-0.25, -0.2) is 0 Å². The monoisotopic (exact) mass is 196 g/mol. The molecule has 1 aliphatic heterocycles. The van der Waals surface area contributed by atoms with E-state index in [1.54, 1.807) is 0 Å². The molecule has 1 saturated carbocycles. The lowest BCUT2D eigenvalue weighted by molar-refractivity contribution is -0.125. The van der Waals surface area contributed by atoms with Crippen molar-refractivity contribution in [2.24, 2.45) is 5.41 Å². The summed E-state index contributed by atoms with van der Waals surface area (Å²) in [5, 5.41) is 6.26. The molecule has 2 N–H and O–H groups in total. The van der Waals surface area contributed by atoms with Gasteiger partial charge in [0.15, 0.2) is 0 Å². The molecule has 1 saturated heterocycles. The Morgan fingerprint density at radius 1 is 1.43 bits per heavy atom. The Bertz CT molecular complexity index is 233. The van der Waals surface area contributed by atoms with E-state index in [-0.39, 0.29) is 11.9 Å². The van der Waals surface area contributed by atoms with E-state index in [1.807, 2.05) is 0 Å². The van der Waals surface area contributed by atoms with Gasteiger partial charge in [0.25, 0.3) is 0 Å². The average molecular weight is 196 g/mol. The third-order valence-electron chi connectivity index (χ3n) is 3.46. The molecule has 0 radical (unpaired) electrons. The molecule has 0 aromatic heterocycles. The molecular formula is C11H20N2O. The van der Waals surface area contributed by atoms with E-state index in [2.05, 4.69) is 24.5 Å². The highest BCUT2D eigenvalue weighted by Crippen LogP contribution is 2.36. The smallest absolute Gasteiger partial charge is 0.237 e. The van der Waals surface area contributed by atoms with Crippen LogP contribution in [0.4, 0.5) is 0 Å². The summed E-state index contributed by atoms with van der Waals surface area (Å²) in [6.07, 6.45) is 4.51. The molecule has 0 bridgehead atoms. The van der Waals surface area contributed by atoms with Gasteiger partial charge in [-0.1, -0.05) is 13.8 Å². The molecule has 1 amide bonds. The van der Waals surface area contributed by atoms with Crippen LogP contribution in [0.1, 0.15) is 39.5 Å². The first kappa shape index (κ1) is 9.97. The molecule has 1 aliphatic carbocycles. The van der Waals surface area contributed by atoms with Crippen LogP contribution in [0.5, 0.6) is 0 Å². The van der Waals surface area contributed by atoms with Gasteiger partial charge in [0, 0.05) is 6.04 Å². The standard InChI is InChI=1S/C11H20N2O/c1-11(2)5-3-8(7-11)13-10(14)9-4-6-12-9/h8-9,12H,3-7H2,1-2H3,(H,13,14). The third kappa shape index (κ3) is 2.08. The second-order valence-electron chi connectivity index (χ2n) is 5.41. The number of carbonyl (C=O) groups is 1. The summed E-state index contributed by atoms with van der Waals surface area (Å²) in [6, 6.07) is 0.513. The first-order chi connectivity index (χ1) is 6.57. The molecule has 0 spiro atoms. The maximum atomic E-state index is 11.6. The second-order valence-corrected chi connectivity index (χ2v) is 5.41. The van der Waals surface area contributed by atoms with Crippen LogP contribution in [0.3, 0.4) is 0 Å². The SMILES string of the molecule is CC1(C)CCC(NC(=O)C2CCN2)C1. The molecule has 14 heavy (non-hydrogen) atoms. The van der Waals surface area contributed by atoms with E-state index < -0.39 is 0 Å². The van der Waals surface area contributed by atoms with Crippen molar-refractivity contribution in [2.45, 2.75) is 51.6 Å². The largest absolute Gasteiger partial charge is 0.352 e. The fourth-order valence-corrected chi connectivity index (χ4v) is 2.37. The summed E-state index contributed by atoms with van der Waals surface area (Å²) in [4.78, 5) is 11.6. The molecule has 0 aromatic carbocycles. The van der Waals surface area contributed by atoms with Gasteiger partial charge in [-0.15, -0.1) is 0 Å². The van der Waals surface area contributed by atoms with Crippen molar-refractivity contribution >= 4 is 5.91 Å². The minimum atomic E-state index is 0.0960. The van der Waals surface area contributed by atoms with Gasteiger partial charge in [-0.05, 0) is 37.6 Å². The van der Waals surface area contributed by atoms with Crippen LogP contribution in [-0.4, -0.2) is 24.5 Å². The molecule has 80 valence electrons. The summed E-state index contributed by atoms with van der Waals surface area (Å²) in [5.74, 6) is 0.207. The van der Waals surface area contributed by atoms with Gasteiger partial charge >= 0.3 is 0 Å². The van der Waals surface area contributed by atoms with E-state index in [1.165, 1.54) is 6.42 Å². The lowest BCUT2D eigenvalue weighted by Gasteiger charge is -2.28. The van der Waals surface area contributed by atoms with Crippen LogP contribution in [0.25, 0.3) is 0 Å². The Labute approximate surface area is 85.6 Å². The zero-order chi connectivity index (χ0) is 10.2. The fourth-order valence-electron chi connectivity index (χ4n) is 2.37. The van der Waals surface area contributed by atoms with E-state index in [0.717, 1.165) is 25.8 Å². The van der Waals surface area contributed by atoms with Crippen molar-refractivity contribution in [2.75, 3.05) is 6.54 Å². The Balaban J connectivity index is 1.78. The average Bonchev–Trinajstić information content (AvgIpc) is 2.25. The Morgan fingerprint density at radius 3 is 2.57 bits per heavy atom. The van der Waals surface area contributed by atoms with Gasteiger partial charge < -0.3 is 10.6 Å². The molecule has 2 atom stereocenters. The van der Waals surface area contributed by atoms with E-state index in [9.17, 15) is 4.79 Å². The number of rotatable bonds is 2. The molecule has 2 unspecified atom stereocenters. The van der Waals surface area contributed by atoms with E-state index >= 15 is 0 Å². The van der Waals surface area contributed by atoms with Crippen LogP contribution in [-0.2, 0) is 4.79 Å². The van der Waals surface area contributed by atoms with Crippen molar-refractivity contribution in [1.82, 2.24) is 10.6 Å². The quantitative estimate of drug-likeness (QED) is 0.693. The molecule has 0 aromatic rings. The van der Waals surface area contributed by atoms with Crippen molar-refractivity contribution < 1.29 is 4.79 Å². The minimum Gasteiger partial charge on any atom is -0.352 e. The van der Waals surface area contributed by atoms with Crippen molar-refractivity contribution in [3.63, 3.8) is 0 Å². The van der Waals surface area contributed by atoms with Gasteiger partial charge in [0.1, 0.15) is 0 Å². The number of carbonyl (C=O) groups excluding carboxylic acids is 1. The van der Waals surface area contributed by atoms with Gasteiger partial charge in [-0.3, -0.25) is 4.79 Å². The summed E-state index contributed by atoms with van der Waals surface area (Å²) in [7, 11) is 0. The maximum Gasteiger partial charge on any atom is 0.237 e. The number of hydrogen-bond acceptors (Lipinski definition) is 2. The Hall–Kier alpha value is -0.570. The maximum absolute atomic E-state index is 11.6. The molecule has 3 nitrogen and oxygen atoms in total. The lowest BCUT2D eigenvalue weighted by atomic mass is 9.92. The van der Waals surface area contributed by atoms with Crippen molar-refractivity contribution in [1.29, 1.82) is 0 Å². The first-order valence-electron chi connectivity index (χ1n) is 5.61. The highest BCUT2D eigenvalue weighted by molar-refractivity contribution is 5.82. The Morgan fingerprint density at radius 2 is 2.14 bits per heavy atom. The molecule has 3 heteroatoms. The Kier molecular flexibility index (Phi) is 2.52. The summed E-state index contributed by atoms with van der Waals surface area (Å²) in [6.45, 7) is 5.55. The predicted molar refractivity (Wildman–Crippen MR) is 56.0 cm³/mol. The van der Waals surface area contributed by atoms with Crippen LogP contribution >= 0.6 is 0 Å². The topological polar surface area (TPSA) is 41.1 Å². The van der Waals surface area contributed by atoms with Gasteiger partial charge in [-0.2, -0.15) is 0 Å². The third-order valence-corrected chi connectivity index (χ3v) is 3.46. The zero-order valence-electron chi connectivity index (χ0n) is 9.10. The highest BCUT2D eigenvalue weighted by Gasteiger charge is 2.33. The lowest BCUT2D eigenvalue weighted by Crippen LogP contribution is -2.54. The molecule has 2 fully saturated rings. The number of amides is 1. The second kappa shape index (κ2) is 3.54. The number of hydrogen-bond donors (Lipinski definition) is 2. The summed E-state index contributed by atoms with van der Waals surface area (Å²) >= 11 is 0. The van der Waals surface area contributed by atoms with Crippen molar-refractivity contribution in [3.8, 4) is 0 Å². The number of nitrogens with one attached hydrogen (secondary N) is 2. The van der Waals surface area contributed by atoms with Crippen molar-refractivity contribution in [3.05, 3.63) is 0 Å². The molecule has 2 aliphatic rings. The molecule has 1 heterocycles. The molecule has 2 rings (SSSR count). The normalized spacial score (nSPS) is 35.0. The minimum absolute atomic E-state index is 0.0960. The van der Waals surface area contributed by atoms with Crippen LogP contribution < -0.4 is 10.6 Å². The van der Waals surface area contributed by atoms with Gasteiger partial charge in [0.05, 0.1) is 6.04 Å². The molecular weight excluding hydrogens is 176 g/mol. The summed E-state index contributed by atoms with van der Waals surface area (Å²) in [5.41, 5.74) is 0.422. The van der Waals surface area contributed by atoms with Gasteiger partial charge in [0.2, 0.25) is 5.91 Å². The predicted octanol–water partition coefficient (Wildman–Crippen LogP) is 1.04. The van der Waals surface area contributed by atoms with Crippen LogP contribution in [0.15, 0.2) is 0 Å². The summed E-state index contributed by atoms with van der Waals surface area (Å²) < 4.78 is 0. The zero-order valence-corrected chi connectivity index (χ0v) is 9.10. The van der Waals surface area contributed by atoms with Crippen LogP contribution in [0.2, 0.25) is 0 Å². The van der Waals surface area contributed by atoms with Crippen LogP contribution in [0, 0.1) is 5.41 Å². The highest BCUT2D eigenvalue weighted by atomic mass is 16.2. The van der Waals surface area contributed by atoms with E-state index in [0.29, 0.717) is 11.5 Å².